The number of carbonyl (C=O) groups excluding carboxylic acids is 2. The van der Waals surface area contributed by atoms with E-state index >= 15 is 0 Å². The zero-order chi connectivity index (χ0) is 19.0. The van der Waals surface area contributed by atoms with Gasteiger partial charge in [-0.15, -0.1) is 0 Å². The molecule has 1 aliphatic heterocycles. The SMILES string of the molecule is CC(C)c1cccc(C(C)C)c1N1C(=O)c2ccc(/C=N/O)cc2C1=O. The fourth-order valence-corrected chi connectivity index (χ4v) is 3.38. The van der Waals surface area contributed by atoms with Crippen molar-refractivity contribution in [1.82, 2.24) is 0 Å². The molecule has 5 heteroatoms. The van der Waals surface area contributed by atoms with Gasteiger partial charge in [0.1, 0.15) is 0 Å². The van der Waals surface area contributed by atoms with Gasteiger partial charge < -0.3 is 5.21 Å². The highest BCUT2D eigenvalue weighted by Gasteiger charge is 2.39. The monoisotopic (exact) mass is 350 g/mol. The van der Waals surface area contributed by atoms with Crippen molar-refractivity contribution in [2.24, 2.45) is 5.16 Å². The van der Waals surface area contributed by atoms with Crippen LogP contribution in [0, 0.1) is 0 Å². The molecule has 3 rings (SSSR count). The number of benzene rings is 2. The predicted octanol–water partition coefficient (Wildman–Crippen LogP) is 4.54. The molecule has 0 unspecified atom stereocenters. The van der Waals surface area contributed by atoms with Crippen LogP contribution < -0.4 is 4.90 Å². The quantitative estimate of drug-likeness (QED) is 0.381. The van der Waals surface area contributed by atoms with Gasteiger partial charge in [-0.25, -0.2) is 4.90 Å². The van der Waals surface area contributed by atoms with Crippen molar-refractivity contribution >= 4 is 23.7 Å². The summed E-state index contributed by atoms with van der Waals surface area (Å²) >= 11 is 0. The number of rotatable bonds is 4. The van der Waals surface area contributed by atoms with Crippen molar-refractivity contribution in [2.45, 2.75) is 39.5 Å². The Kier molecular flexibility index (Phi) is 4.64. The molecule has 1 heterocycles. The average molecular weight is 350 g/mol. The number of amides is 2. The Morgan fingerprint density at radius 2 is 1.50 bits per heavy atom. The molecule has 0 aromatic heterocycles. The Morgan fingerprint density at radius 3 is 2.04 bits per heavy atom. The topological polar surface area (TPSA) is 70.0 Å². The van der Waals surface area contributed by atoms with Crippen LogP contribution in [0.3, 0.4) is 0 Å². The maximum Gasteiger partial charge on any atom is 0.266 e. The zero-order valence-electron chi connectivity index (χ0n) is 15.4. The highest BCUT2D eigenvalue weighted by Crippen LogP contribution is 2.39. The highest BCUT2D eigenvalue weighted by atomic mass is 16.4. The van der Waals surface area contributed by atoms with Crippen LogP contribution in [-0.4, -0.2) is 23.2 Å². The molecule has 0 radical (unpaired) electrons. The van der Waals surface area contributed by atoms with Crippen LogP contribution in [0.15, 0.2) is 41.6 Å². The number of hydrogen-bond donors (Lipinski definition) is 1. The first kappa shape index (κ1) is 17.9. The maximum atomic E-state index is 13.1. The van der Waals surface area contributed by atoms with E-state index in [4.69, 9.17) is 5.21 Å². The Morgan fingerprint density at radius 1 is 0.923 bits per heavy atom. The molecule has 0 saturated heterocycles. The van der Waals surface area contributed by atoms with Gasteiger partial charge in [0.25, 0.3) is 11.8 Å². The summed E-state index contributed by atoms with van der Waals surface area (Å²) in [6.45, 7) is 8.21. The van der Waals surface area contributed by atoms with Gasteiger partial charge in [0.05, 0.1) is 23.0 Å². The lowest BCUT2D eigenvalue weighted by Gasteiger charge is -2.25. The van der Waals surface area contributed by atoms with Crippen LogP contribution in [0.2, 0.25) is 0 Å². The summed E-state index contributed by atoms with van der Waals surface area (Å²) in [5, 5.41) is 11.7. The largest absolute Gasteiger partial charge is 0.411 e. The second-order valence-electron chi connectivity index (χ2n) is 7.09. The van der Waals surface area contributed by atoms with Gasteiger partial charge >= 0.3 is 0 Å². The molecule has 2 aromatic carbocycles. The third-order valence-electron chi connectivity index (χ3n) is 4.68. The van der Waals surface area contributed by atoms with Crippen molar-refractivity contribution in [2.75, 3.05) is 4.90 Å². The lowest BCUT2D eigenvalue weighted by Crippen LogP contribution is -2.31. The average Bonchev–Trinajstić information content (AvgIpc) is 2.85. The fraction of sp³-hybridized carbons (Fsp3) is 0.286. The zero-order valence-corrected chi connectivity index (χ0v) is 15.4. The molecule has 26 heavy (non-hydrogen) atoms. The highest BCUT2D eigenvalue weighted by molar-refractivity contribution is 6.35. The number of imide groups is 1. The molecule has 1 N–H and O–H groups in total. The van der Waals surface area contributed by atoms with Gasteiger partial charge in [0.15, 0.2) is 0 Å². The smallest absolute Gasteiger partial charge is 0.266 e. The van der Waals surface area contributed by atoms with E-state index in [1.165, 1.54) is 11.1 Å². The molecule has 0 fully saturated rings. The number of fused-ring (bicyclic) bond motifs is 1. The van der Waals surface area contributed by atoms with Crippen LogP contribution in [-0.2, 0) is 0 Å². The molecule has 134 valence electrons. The van der Waals surface area contributed by atoms with Crippen molar-refractivity contribution in [3.63, 3.8) is 0 Å². The lowest BCUT2D eigenvalue weighted by molar-refractivity contribution is 0.0925. The van der Waals surface area contributed by atoms with E-state index in [2.05, 4.69) is 32.9 Å². The molecule has 0 atom stereocenters. The number of hydrogen-bond acceptors (Lipinski definition) is 4. The van der Waals surface area contributed by atoms with Crippen molar-refractivity contribution < 1.29 is 14.8 Å². The van der Waals surface area contributed by atoms with E-state index in [0.717, 1.165) is 11.1 Å². The fourth-order valence-electron chi connectivity index (χ4n) is 3.38. The summed E-state index contributed by atoms with van der Waals surface area (Å²) < 4.78 is 0. The maximum absolute atomic E-state index is 13.1. The number of nitrogens with zero attached hydrogens (tertiary/aromatic N) is 2. The Balaban J connectivity index is 2.20. The van der Waals surface area contributed by atoms with Crippen molar-refractivity contribution in [3.8, 4) is 0 Å². The standard InChI is InChI=1S/C21H22N2O3/c1-12(2)15-6-5-7-16(13(3)4)19(15)23-20(24)17-9-8-14(11-22-26)10-18(17)21(23)25/h5-13,26H,1-4H3/b22-11+. The second-order valence-corrected chi connectivity index (χ2v) is 7.09. The van der Waals surface area contributed by atoms with E-state index in [0.29, 0.717) is 22.4 Å². The van der Waals surface area contributed by atoms with Gasteiger partial charge in [-0.1, -0.05) is 57.1 Å². The minimum atomic E-state index is -0.340. The molecular weight excluding hydrogens is 328 g/mol. The lowest BCUT2D eigenvalue weighted by atomic mass is 9.92. The van der Waals surface area contributed by atoms with E-state index < -0.39 is 0 Å². The van der Waals surface area contributed by atoms with Crippen LogP contribution in [0.1, 0.15) is 76.9 Å². The first-order valence-electron chi connectivity index (χ1n) is 8.69. The van der Waals surface area contributed by atoms with E-state index in [-0.39, 0.29) is 23.7 Å². The molecule has 0 aliphatic carbocycles. The Labute approximate surface area is 152 Å². The van der Waals surface area contributed by atoms with Gasteiger partial charge in [0.2, 0.25) is 0 Å². The molecule has 0 saturated carbocycles. The Bertz CT molecular complexity index is 887. The molecule has 2 amide bonds. The summed E-state index contributed by atoms with van der Waals surface area (Å²) in [6.07, 6.45) is 1.24. The number of oxime groups is 1. The first-order valence-corrected chi connectivity index (χ1v) is 8.69. The van der Waals surface area contributed by atoms with Crippen LogP contribution in [0.4, 0.5) is 5.69 Å². The summed E-state index contributed by atoms with van der Waals surface area (Å²) in [5.74, 6) is -0.309. The van der Waals surface area contributed by atoms with Gasteiger partial charge in [-0.05, 0) is 40.7 Å². The normalized spacial score (nSPS) is 14.2. The predicted molar refractivity (Wildman–Crippen MR) is 102 cm³/mol. The Hall–Kier alpha value is -2.95. The van der Waals surface area contributed by atoms with Gasteiger partial charge in [0, 0.05) is 0 Å². The molecule has 0 spiro atoms. The van der Waals surface area contributed by atoms with E-state index in [1.807, 2.05) is 18.2 Å². The molecule has 0 bridgehead atoms. The summed E-state index contributed by atoms with van der Waals surface area (Å²) in [6, 6.07) is 10.8. The van der Waals surface area contributed by atoms with Gasteiger partial charge in [-0.2, -0.15) is 0 Å². The molecule has 2 aromatic rings. The van der Waals surface area contributed by atoms with Crippen molar-refractivity contribution in [3.05, 3.63) is 64.2 Å². The minimum absolute atomic E-state index is 0.171. The molecular formula is C21H22N2O3. The molecule has 1 aliphatic rings. The third-order valence-corrected chi connectivity index (χ3v) is 4.68. The summed E-state index contributed by atoms with van der Waals surface area (Å²) in [4.78, 5) is 27.5. The summed E-state index contributed by atoms with van der Waals surface area (Å²) in [7, 11) is 0. The van der Waals surface area contributed by atoms with Gasteiger partial charge in [-0.3, -0.25) is 9.59 Å². The number of para-hydroxylation sites is 1. The third kappa shape index (κ3) is 2.79. The van der Waals surface area contributed by atoms with Crippen LogP contribution in [0.25, 0.3) is 0 Å². The number of anilines is 1. The molecule has 5 nitrogen and oxygen atoms in total. The minimum Gasteiger partial charge on any atom is -0.411 e. The summed E-state index contributed by atoms with van der Waals surface area (Å²) in [5.41, 5.74) is 3.92. The first-order chi connectivity index (χ1) is 12.4. The van der Waals surface area contributed by atoms with Crippen molar-refractivity contribution in [1.29, 1.82) is 0 Å². The second kappa shape index (κ2) is 6.75. The van der Waals surface area contributed by atoms with E-state index in [1.54, 1.807) is 18.2 Å². The van der Waals surface area contributed by atoms with Crippen LogP contribution in [0.5, 0.6) is 0 Å². The van der Waals surface area contributed by atoms with E-state index in [9.17, 15) is 9.59 Å². The number of carbonyl (C=O) groups is 2. The van der Waals surface area contributed by atoms with Crippen LogP contribution >= 0.6 is 0 Å².